The Balaban J connectivity index is 1.92. The standard InChI is InChI=1S/C20H14SeTe/c1-11-3-17-7-13-6-16-10-20-18(4-12(2)22-20)8-14(16)5-15(13)9-19(17)21-11/h3-10H,1-2H3. The summed E-state index contributed by atoms with van der Waals surface area (Å²) in [6.45, 7) is 4.54. The van der Waals surface area contributed by atoms with Gasteiger partial charge in [-0.25, -0.2) is 0 Å². The second-order valence-corrected chi connectivity index (χ2v) is 12.4. The molecule has 2 aromatic heterocycles. The van der Waals surface area contributed by atoms with Crippen molar-refractivity contribution in [2.24, 2.45) is 0 Å². The molecule has 0 aliphatic carbocycles. The van der Waals surface area contributed by atoms with E-state index in [2.05, 4.69) is 62.4 Å². The Morgan fingerprint density at radius 2 is 1.27 bits per heavy atom. The maximum absolute atomic E-state index is 2.44. The first-order chi connectivity index (χ1) is 10.7. The molecular weight excluding hydrogens is 447 g/mol. The maximum atomic E-state index is 2.44. The first kappa shape index (κ1) is 13.4. The van der Waals surface area contributed by atoms with Crippen molar-refractivity contribution in [2.45, 2.75) is 13.8 Å². The summed E-state index contributed by atoms with van der Waals surface area (Å²) in [7, 11) is 0. The molecule has 0 bridgehead atoms. The molecule has 0 fully saturated rings. The van der Waals surface area contributed by atoms with Gasteiger partial charge < -0.3 is 0 Å². The molecule has 0 nitrogen and oxygen atoms in total. The third-order valence-electron chi connectivity index (χ3n) is 4.31. The van der Waals surface area contributed by atoms with E-state index in [9.17, 15) is 0 Å². The first-order valence-electron chi connectivity index (χ1n) is 7.44. The van der Waals surface area contributed by atoms with Crippen LogP contribution in [0.1, 0.15) is 8.02 Å². The monoisotopic (exact) mass is 464 g/mol. The summed E-state index contributed by atoms with van der Waals surface area (Å²) >= 11 is 0.427. The summed E-state index contributed by atoms with van der Waals surface area (Å²) in [5.74, 6) is 0. The summed E-state index contributed by atoms with van der Waals surface area (Å²) in [5, 5.41) is 8.48. The fourth-order valence-electron chi connectivity index (χ4n) is 3.34. The van der Waals surface area contributed by atoms with E-state index in [0.29, 0.717) is 14.5 Å². The molecule has 0 atom stereocenters. The number of rotatable bonds is 0. The van der Waals surface area contributed by atoms with Crippen molar-refractivity contribution in [3.63, 3.8) is 0 Å². The van der Waals surface area contributed by atoms with E-state index in [0.717, 1.165) is 0 Å². The van der Waals surface area contributed by atoms with Gasteiger partial charge in [-0.05, 0) is 0 Å². The van der Waals surface area contributed by atoms with Gasteiger partial charge >= 0.3 is 145 Å². The molecule has 0 radical (unpaired) electrons. The van der Waals surface area contributed by atoms with Gasteiger partial charge in [0.15, 0.2) is 0 Å². The van der Waals surface area contributed by atoms with E-state index in [1.807, 2.05) is 0 Å². The zero-order chi connectivity index (χ0) is 14.8. The fraction of sp³-hybridized carbons (Fsp3) is 0.100. The SMILES string of the molecule is Cc1cc2cc3cc4cc5[te]c(C)cc5cc4cc3cc2[se]1. The van der Waals surface area contributed by atoms with Crippen LogP contribution in [-0.4, -0.2) is 34.9 Å². The van der Waals surface area contributed by atoms with E-state index in [4.69, 9.17) is 0 Å². The van der Waals surface area contributed by atoms with E-state index >= 15 is 0 Å². The van der Waals surface area contributed by atoms with Crippen molar-refractivity contribution < 1.29 is 0 Å². The van der Waals surface area contributed by atoms with Crippen LogP contribution in [0, 0.1) is 13.8 Å². The average molecular weight is 461 g/mol. The average Bonchev–Trinajstić information content (AvgIpc) is 2.99. The molecule has 2 heteroatoms. The van der Waals surface area contributed by atoms with Crippen LogP contribution in [0.25, 0.3) is 40.0 Å². The van der Waals surface area contributed by atoms with E-state index < -0.39 is 0 Å². The molecule has 22 heavy (non-hydrogen) atoms. The molecule has 106 valence electrons. The van der Waals surface area contributed by atoms with Crippen LogP contribution in [0.5, 0.6) is 0 Å². The van der Waals surface area contributed by atoms with E-state index in [1.54, 1.807) is 11.2 Å². The zero-order valence-electron chi connectivity index (χ0n) is 12.4. The van der Waals surface area contributed by atoms with Gasteiger partial charge in [-0.1, -0.05) is 0 Å². The van der Waals surface area contributed by atoms with Crippen molar-refractivity contribution >= 4 is 74.9 Å². The van der Waals surface area contributed by atoms with Gasteiger partial charge in [-0.3, -0.25) is 0 Å². The van der Waals surface area contributed by atoms with Crippen LogP contribution in [0.4, 0.5) is 0 Å². The molecule has 0 N–H and O–H groups in total. The molecular formula is C20H14SeTe. The molecule has 0 saturated heterocycles. The molecule has 0 aliphatic rings. The Labute approximate surface area is 144 Å². The van der Waals surface area contributed by atoms with Gasteiger partial charge in [-0.2, -0.15) is 0 Å². The summed E-state index contributed by atoms with van der Waals surface area (Å²) in [6, 6.07) is 19.2. The van der Waals surface area contributed by atoms with Crippen molar-refractivity contribution in [3.8, 4) is 0 Å². The van der Waals surface area contributed by atoms with Crippen LogP contribution in [0.3, 0.4) is 0 Å². The molecule has 0 saturated carbocycles. The molecule has 0 unspecified atom stereocenters. The van der Waals surface area contributed by atoms with Crippen LogP contribution < -0.4 is 0 Å². The van der Waals surface area contributed by atoms with Crippen LogP contribution in [0.2, 0.25) is 0 Å². The Morgan fingerprint density at radius 1 is 0.636 bits per heavy atom. The molecule has 3 aromatic carbocycles. The second-order valence-electron chi connectivity index (χ2n) is 6.04. The third-order valence-corrected chi connectivity index (χ3v) is 9.33. The van der Waals surface area contributed by atoms with Crippen LogP contribution >= 0.6 is 0 Å². The predicted octanol–water partition coefficient (Wildman–Crippen LogP) is 5.03. The molecule has 5 rings (SSSR count). The molecule has 5 aromatic rings. The number of benzene rings is 3. The van der Waals surface area contributed by atoms with Gasteiger partial charge in [0.1, 0.15) is 0 Å². The van der Waals surface area contributed by atoms with Crippen LogP contribution in [0.15, 0.2) is 48.5 Å². The van der Waals surface area contributed by atoms with Crippen molar-refractivity contribution in [3.05, 3.63) is 56.5 Å². The summed E-state index contributed by atoms with van der Waals surface area (Å²) < 4.78 is 6.28. The van der Waals surface area contributed by atoms with Gasteiger partial charge in [0, 0.05) is 0 Å². The number of hydrogen-bond acceptors (Lipinski definition) is 0. The summed E-state index contributed by atoms with van der Waals surface area (Å²) in [5.41, 5.74) is 0. The Morgan fingerprint density at radius 3 is 2.09 bits per heavy atom. The second kappa shape index (κ2) is 4.73. The van der Waals surface area contributed by atoms with Gasteiger partial charge in [-0.15, -0.1) is 0 Å². The number of fused-ring (bicyclic) bond motifs is 4. The Kier molecular flexibility index (Phi) is 2.88. The molecule has 0 spiro atoms. The van der Waals surface area contributed by atoms with Gasteiger partial charge in [0.25, 0.3) is 0 Å². The Bertz CT molecular complexity index is 1010. The minimum absolute atomic E-state index is 0.103. The summed E-state index contributed by atoms with van der Waals surface area (Å²) in [4.78, 5) is 0. The number of hydrogen-bond donors (Lipinski definition) is 0. The fourth-order valence-corrected chi connectivity index (χ4v) is 8.07. The summed E-state index contributed by atoms with van der Waals surface area (Å²) in [6.07, 6.45) is 0. The third kappa shape index (κ3) is 2.03. The van der Waals surface area contributed by atoms with Gasteiger partial charge in [0.2, 0.25) is 0 Å². The normalized spacial score (nSPS) is 12.1. The van der Waals surface area contributed by atoms with E-state index in [1.165, 1.54) is 36.8 Å². The first-order valence-corrected chi connectivity index (χ1v) is 11.5. The van der Waals surface area contributed by atoms with Crippen molar-refractivity contribution in [1.29, 1.82) is 0 Å². The molecule has 2 heterocycles. The quantitative estimate of drug-likeness (QED) is 0.224. The van der Waals surface area contributed by atoms with Gasteiger partial charge in [0.05, 0.1) is 0 Å². The van der Waals surface area contributed by atoms with Crippen molar-refractivity contribution in [2.75, 3.05) is 0 Å². The topological polar surface area (TPSA) is 0 Å². The minimum atomic E-state index is -0.103. The van der Waals surface area contributed by atoms with Crippen LogP contribution in [-0.2, 0) is 0 Å². The zero-order valence-corrected chi connectivity index (χ0v) is 16.5. The molecule has 0 amide bonds. The van der Waals surface area contributed by atoms with Crippen molar-refractivity contribution in [1.82, 2.24) is 0 Å². The molecule has 0 aliphatic heterocycles. The predicted molar refractivity (Wildman–Crippen MR) is 99.8 cm³/mol. The number of aryl methyl sites for hydroxylation is 2. The van der Waals surface area contributed by atoms with E-state index in [-0.39, 0.29) is 20.4 Å². The Hall–Kier alpha value is -1.03.